The van der Waals surface area contributed by atoms with Gasteiger partial charge in [0.2, 0.25) is 0 Å². The fourth-order valence-electron chi connectivity index (χ4n) is 3.60. The summed E-state index contributed by atoms with van der Waals surface area (Å²) in [7, 11) is 0. The predicted molar refractivity (Wildman–Crippen MR) is 90.0 cm³/mol. The first-order chi connectivity index (χ1) is 10.2. The second-order valence-electron chi connectivity index (χ2n) is 6.03. The molecule has 2 aromatic carbocycles. The smallest absolute Gasteiger partial charge is 0.0314 e. The highest BCUT2D eigenvalue weighted by Gasteiger charge is 2.27. The molecule has 2 aliphatic carbocycles. The summed E-state index contributed by atoms with van der Waals surface area (Å²) < 4.78 is 0. The van der Waals surface area contributed by atoms with Crippen molar-refractivity contribution in [3.05, 3.63) is 71.3 Å². The van der Waals surface area contributed by atoms with E-state index in [9.17, 15) is 0 Å². The molecule has 1 heteroatoms. The van der Waals surface area contributed by atoms with Gasteiger partial charge in [-0.15, -0.1) is 0 Å². The minimum atomic E-state index is 0.550. The number of nitrogen functional groups attached to an aromatic ring is 1. The van der Waals surface area contributed by atoms with Crippen molar-refractivity contribution >= 4 is 11.3 Å². The quantitative estimate of drug-likeness (QED) is 0.714. The highest BCUT2D eigenvalue weighted by Crippen LogP contribution is 2.47. The van der Waals surface area contributed by atoms with E-state index in [0.29, 0.717) is 5.92 Å². The molecule has 2 aromatic rings. The summed E-state index contributed by atoms with van der Waals surface area (Å²) in [6.07, 6.45) is 7.00. The maximum atomic E-state index is 5.78. The van der Waals surface area contributed by atoms with Gasteiger partial charge in [0.25, 0.3) is 0 Å². The van der Waals surface area contributed by atoms with E-state index in [1.807, 2.05) is 12.1 Å². The van der Waals surface area contributed by atoms with Crippen molar-refractivity contribution < 1.29 is 0 Å². The maximum Gasteiger partial charge on any atom is 0.0314 e. The Labute approximate surface area is 125 Å². The monoisotopic (exact) mass is 273 g/mol. The van der Waals surface area contributed by atoms with Gasteiger partial charge in [0.15, 0.2) is 0 Å². The molecule has 1 atom stereocenters. The molecule has 0 aliphatic heterocycles. The van der Waals surface area contributed by atoms with Gasteiger partial charge in [0.1, 0.15) is 0 Å². The fraction of sp³-hybridized carbons (Fsp3) is 0.200. The molecule has 1 unspecified atom stereocenters. The van der Waals surface area contributed by atoms with Crippen molar-refractivity contribution in [2.24, 2.45) is 0 Å². The zero-order valence-corrected chi connectivity index (χ0v) is 12.3. The first-order valence-electron chi connectivity index (χ1n) is 7.64. The summed E-state index contributed by atoms with van der Waals surface area (Å²) >= 11 is 0. The van der Waals surface area contributed by atoms with Crippen molar-refractivity contribution in [1.82, 2.24) is 0 Å². The van der Waals surface area contributed by atoms with E-state index in [0.717, 1.165) is 5.69 Å². The number of nitrogens with two attached hydrogens (primary N) is 1. The van der Waals surface area contributed by atoms with Gasteiger partial charge in [0, 0.05) is 11.6 Å². The van der Waals surface area contributed by atoms with E-state index in [2.05, 4.69) is 49.4 Å². The SMILES string of the molecule is CC1C2=C(C=CCC2)c2ccc(-c3ccc(N)cc3)cc21. The molecular formula is C20H19N. The van der Waals surface area contributed by atoms with E-state index in [-0.39, 0.29) is 0 Å². The minimum Gasteiger partial charge on any atom is -0.399 e. The van der Waals surface area contributed by atoms with Crippen LogP contribution < -0.4 is 5.73 Å². The van der Waals surface area contributed by atoms with E-state index in [4.69, 9.17) is 5.73 Å². The van der Waals surface area contributed by atoms with Gasteiger partial charge in [-0.25, -0.2) is 0 Å². The molecular weight excluding hydrogens is 254 g/mol. The standard InChI is InChI=1S/C20H19N/c1-13-17-4-2-3-5-18(17)19-11-8-15(12-20(13)19)14-6-9-16(21)10-7-14/h3,5-13H,2,4,21H2,1H3. The van der Waals surface area contributed by atoms with Crippen LogP contribution in [0.5, 0.6) is 0 Å². The first-order valence-corrected chi connectivity index (χ1v) is 7.64. The van der Waals surface area contributed by atoms with Crippen molar-refractivity contribution in [3.63, 3.8) is 0 Å². The molecule has 0 aromatic heterocycles. The number of hydrogen-bond donors (Lipinski definition) is 1. The zero-order chi connectivity index (χ0) is 14.4. The first kappa shape index (κ1) is 12.5. The van der Waals surface area contributed by atoms with Gasteiger partial charge in [0.05, 0.1) is 0 Å². The molecule has 2 aliphatic rings. The molecule has 0 saturated carbocycles. The van der Waals surface area contributed by atoms with Crippen LogP contribution in [0.1, 0.15) is 36.8 Å². The Morgan fingerprint density at radius 3 is 2.57 bits per heavy atom. The lowest BCUT2D eigenvalue weighted by atomic mass is 9.92. The van der Waals surface area contributed by atoms with E-state index < -0.39 is 0 Å². The van der Waals surface area contributed by atoms with Gasteiger partial charge in [-0.1, -0.05) is 48.9 Å². The lowest BCUT2D eigenvalue weighted by Gasteiger charge is -2.13. The molecule has 0 radical (unpaired) electrons. The Hall–Kier alpha value is -2.28. The van der Waals surface area contributed by atoms with Crippen LogP contribution in [-0.4, -0.2) is 0 Å². The molecule has 0 saturated heterocycles. The predicted octanol–water partition coefficient (Wildman–Crippen LogP) is 5.16. The number of rotatable bonds is 1. The van der Waals surface area contributed by atoms with Crippen molar-refractivity contribution in [1.29, 1.82) is 0 Å². The molecule has 0 amide bonds. The van der Waals surface area contributed by atoms with E-state index >= 15 is 0 Å². The van der Waals surface area contributed by atoms with Gasteiger partial charge in [-0.2, -0.15) is 0 Å². The summed E-state index contributed by atoms with van der Waals surface area (Å²) in [6.45, 7) is 2.34. The summed E-state index contributed by atoms with van der Waals surface area (Å²) in [5.74, 6) is 0.550. The van der Waals surface area contributed by atoms with Crippen LogP contribution in [0, 0.1) is 0 Å². The number of benzene rings is 2. The summed E-state index contributed by atoms with van der Waals surface area (Å²) in [5.41, 5.74) is 15.1. The molecule has 0 spiro atoms. The fourth-order valence-corrected chi connectivity index (χ4v) is 3.60. The third-order valence-corrected chi connectivity index (χ3v) is 4.79. The largest absolute Gasteiger partial charge is 0.399 e. The van der Waals surface area contributed by atoms with Crippen LogP contribution in [-0.2, 0) is 0 Å². The molecule has 0 heterocycles. The van der Waals surface area contributed by atoms with Gasteiger partial charge < -0.3 is 5.73 Å². The van der Waals surface area contributed by atoms with Gasteiger partial charge in [-0.3, -0.25) is 0 Å². The van der Waals surface area contributed by atoms with Crippen LogP contribution in [0.2, 0.25) is 0 Å². The highest BCUT2D eigenvalue weighted by molar-refractivity contribution is 5.86. The van der Waals surface area contributed by atoms with Crippen molar-refractivity contribution in [2.45, 2.75) is 25.7 Å². The van der Waals surface area contributed by atoms with Crippen LogP contribution in [0.4, 0.5) is 5.69 Å². The minimum absolute atomic E-state index is 0.550. The van der Waals surface area contributed by atoms with Crippen LogP contribution in [0.15, 0.2) is 60.2 Å². The number of anilines is 1. The normalized spacial score (nSPS) is 19.6. The molecule has 0 fully saturated rings. The second kappa shape index (κ2) is 4.63. The molecule has 4 rings (SSSR count). The lowest BCUT2D eigenvalue weighted by Crippen LogP contribution is -1.95. The molecule has 0 bridgehead atoms. The van der Waals surface area contributed by atoms with E-state index in [1.165, 1.54) is 40.7 Å². The molecule has 1 nitrogen and oxygen atoms in total. The summed E-state index contributed by atoms with van der Waals surface area (Å²) in [6, 6.07) is 15.0. The molecule has 21 heavy (non-hydrogen) atoms. The number of hydrogen-bond acceptors (Lipinski definition) is 1. The topological polar surface area (TPSA) is 26.0 Å². The van der Waals surface area contributed by atoms with E-state index in [1.54, 1.807) is 5.57 Å². The van der Waals surface area contributed by atoms with Crippen LogP contribution in [0.3, 0.4) is 0 Å². The third kappa shape index (κ3) is 1.92. The Morgan fingerprint density at radius 1 is 1.00 bits per heavy atom. The van der Waals surface area contributed by atoms with Crippen LogP contribution >= 0.6 is 0 Å². The average molecular weight is 273 g/mol. The summed E-state index contributed by atoms with van der Waals surface area (Å²) in [4.78, 5) is 0. The third-order valence-electron chi connectivity index (χ3n) is 4.79. The van der Waals surface area contributed by atoms with Gasteiger partial charge in [-0.05, 0) is 58.9 Å². The number of allylic oxidation sites excluding steroid dienone is 4. The summed E-state index contributed by atoms with van der Waals surface area (Å²) in [5, 5.41) is 0. The zero-order valence-electron chi connectivity index (χ0n) is 12.3. The Balaban J connectivity index is 1.80. The molecule has 2 N–H and O–H groups in total. The lowest BCUT2D eigenvalue weighted by molar-refractivity contribution is 0.824. The maximum absolute atomic E-state index is 5.78. The highest BCUT2D eigenvalue weighted by atomic mass is 14.5. The van der Waals surface area contributed by atoms with Crippen molar-refractivity contribution in [3.8, 4) is 11.1 Å². The van der Waals surface area contributed by atoms with Crippen molar-refractivity contribution in [2.75, 3.05) is 5.73 Å². The second-order valence-corrected chi connectivity index (χ2v) is 6.03. The van der Waals surface area contributed by atoms with Crippen LogP contribution in [0.25, 0.3) is 16.7 Å². The Morgan fingerprint density at radius 2 is 1.76 bits per heavy atom. The van der Waals surface area contributed by atoms with Gasteiger partial charge >= 0.3 is 0 Å². The molecule has 104 valence electrons. The Kier molecular flexibility index (Phi) is 2.75. The Bertz CT molecular complexity index is 763. The average Bonchev–Trinajstić information content (AvgIpc) is 2.81. The number of fused-ring (bicyclic) bond motifs is 2.